The fourth-order valence-electron chi connectivity index (χ4n) is 3.13. The Balaban J connectivity index is 1.61. The molecule has 0 bridgehead atoms. The van der Waals surface area contributed by atoms with Crippen molar-refractivity contribution in [3.8, 4) is 17.1 Å². The molecule has 162 valence electrons. The van der Waals surface area contributed by atoms with Gasteiger partial charge in [0.15, 0.2) is 11.6 Å². The van der Waals surface area contributed by atoms with Gasteiger partial charge in [-0.2, -0.15) is 0 Å². The van der Waals surface area contributed by atoms with Crippen LogP contribution in [0.5, 0.6) is 5.75 Å². The maximum atomic E-state index is 12.4. The minimum atomic E-state index is -4.76. The van der Waals surface area contributed by atoms with E-state index in [-0.39, 0.29) is 5.75 Å². The van der Waals surface area contributed by atoms with Gasteiger partial charge in [-0.1, -0.05) is 18.7 Å². The Hall–Kier alpha value is -2.62. The van der Waals surface area contributed by atoms with E-state index in [1.807, 2.05) is 0 Å². The number of halogens is 3. The largest absolute Gasteiger partial charge is 0.573 e. The monoisotopic (exact) mass is 440 g/mol. The van der Waals surface area contributed by atoms with Gasteiger partial charge in [-0.25, -0.2) is 0 Å². The molecule has 0 aliphatic carbocycles. The van der Waals surface area contributed by atoms with Gasteiger partial charge >= 0.3 is 6.36 Å². The molecule has 1 aromatic heterocycles. The molecule has 1 N–H and O–H groups in total. The molecule has 1 aliphatic rings. The lowest BCUT2D eigenvalue weighted by Gasteiger charge is -2.22. The summed E-state index contributed by atoms with van der Waals surface area (Å²) in [6, 6.07) is 5.60. The number of nitrogens with one attached hydrogen (secondary N) is 1. The van der Waals surface area contributed by atoms with Crippen LogP contribution >= 0.6 is 0 Å². The molecule has 10 heteroatoms. The molecular formula is C20H23F3N4O2S. The lowest BCUT2D eigenvalue weighted by molar-refractivity contribution is -0.274. The summed E-state index contributed by atoms with van der Waals surface area (Å²) in [7, 11) is 1.05. The van der Waals surface area contributed by atoms with Gasteiger partial charge in [-0.3, -0.25) is 4.21 Å². The molecule has 1 aliphatic heterocycles. The summed E-state index contributed by atoms with van der Waals surface area (Å²) in [5.74, 6) is 2.63. The van der Waals surface area contributed by atoms with Crippen LogP contribution in [0.25, 0.3) is 17.5 Å². The summed E-state index contributed by atoms with van der Waals surface area (Å²) >= 11 is 0. The topological polar surface area (TPSA) is 69.0 Å². The van der Waals surface area contributed by atoms with Gasteiger partial charge < -0.3 is 14.6 Å². The number of benzene rings is 1. The van der Waals surface area contributed by atoms with Crippen molar-refractivity contribution in [2.24, 2.45) is 13.0 Å². The molecule has 3 rings (SSSR count). The zero-order valence-electron chi connectivity index (χ0n) is 16.5. The quantitative estimate of drug-likeness (QED) is 0.666. The Morgan fingerprint density at radius 2 is 2.10 bits per heavy atom. The molecule has 0 unspecified atom stereocenters. The Labute approximate surface area is 175 Å². The van der Waals surface area contributed by atoms with Crippen molar-refractivity contribution in [2.45, 2.75) is 19.2 Å². The van der Waals surface area contributed by atoms with E-state index >= 15 is 0 Å². The van der Waals surface area contributed by atoms with Crippen LogP contribution in [-0.2, 0) is 17.8 Å². The lowest BCUT2D eigenvalue weighted by Crippen LogP contribution is -2.27. The molecule has 0 amide bonds. The molecular weight excluding hydrogens is 417 g/mol. The summed E-state index contributed by atoms with van der Waals surface area (Å²) in [4.78, 5) is 0. The van der Waals surface area contributed by atoms with Crippen LogP contribution in [0.1, 0.15) is 18.7 Å². The fourth-order valence-corrected chi connectivity index (χ4v) is 4.52. The Bertz CT molecular complexity index is 946. The maximum absolute atomic E-state index is 12.4. The molecule has 2 aromatic rings. The number of allylic oxidation sites excluding steroid dienone is 1. The number of nitrogens with zero attached hydrogens (tertiary/aromatic N) is 3. The average molecular weight is 440 g/mol. The van der Waals surface area contributed by atoms with E-state index in [9.17, 15) is 17.4 Å². The van der Waals surface area contributed by atoms with Gasteiger partial charge in [-0.15, -0.1) is 23.4 Å². The highest BCUT2D eigenvalue weighted by molar-refractivity contribution is 7.85. The molecule has 6 nitrogen and oxygen atoms in total. The molecule has 0 radical (unpaired) electrons. The van der Waals surface area contributed by atoms with Crippen LogP contribution in [0.2, 0.25) is 0 Å². The van der Waals surface area contributed by atoms with E-state index in [1.54, 1.807) is 29.8 Å². The molecule has 0 saturated carbocycles. The minimum absolute atomic E-state index is 0.316. The molecule has 0 spiro atoms. The van der Waals surface area contributed by atoms with Crippen molar-refractivity contribution in [2.75, 3.05) is 18.1 Å². The Morgan fingerprint density at radius 1 is 1.37 bits per heavy atom. The van der Waals surface area contributed by atoms with Crippen LogP contribution in [-0.4, -0.2) is 43.4 Å². The van der Waals surface area contributed by atoms with E-state index in [2.05, 4.69) is 26.8 Å². The highest BCUT2D eigenvalue weighted by atomic mass is 32.2. The van der Waals surface area contributed by atoms with Crippen molar-refractivity contribution < 1.29 is 22.1 Å². The molecule has 1 fully saturated rings. The third kappa shape index (κ3) is 6.19. The summed E-state index contributed by atoms with van der Waals surface area (Å²) in [6.07, 6.45) is 0.644. The molecule has 0 atom stereocenters. The molecule has 30 heavy (non-hydrogen) atoms. The van der Waals surface area contributed by atoms with Crippen LogP contribution < -0.4 is 10.1 Å². The van der Waals surface area contributed by atoms with Crippen molar-refractivity contribution >= 4 is 16.9 Å². The van der Waals surface area contributed by atoms with Gasteiger partial charge in [0.05, 0.1) is 0 Å². The zero-order chi connectivity index (χ0) is 21.7. The normalized spacial score (nSPS) is 19.7. The summed E-state index contributed by atoms with van der Waals surface area (Å²) in [5, 5.41) is 11.4. The van der Waals surface area contributed by atoms with E-state index in [1.165, 1.54) is 18.2 Å². The van der Waals surface area contributed by atoms with Crippen molar-refractivity contribution in [3.63, 3.8) is 0 Å². The highest BCUT2D eigenvalue weighted by Crippen LogP contribution is 2.27. The summed E-state index contributed by atoms with van der Waals surface area (Å²) < 4.78 is 54.4. The van der Waals surface area contributed by atoms with Gasteiger partial charge in [0.25, 0.3) is 0 Å². The second-order valence-electron chi connectivity index (χ2n) is 7.05. The first-order valence-corrected chi connectivity index (χ1v) is 10.9. The number of rotatable bonds is 7. The van der Waals surface area contributed by atoms with Crippen LogP contribution in [0, 0.1) is 5.92 Å². The second kappa shape index (κ2) is 9.46. The van der Waals surface area contributed by atoms with E-state index in [0.717, 1.165) is 30.9 Å². The fraction of sp³-hybridized carbons (Fsp3) is 0.400. The van der Waals surface area contributed by atoms with Gasteiger partial charge in [0, 0.05) is 47.2 Å². The first kappa shape index (κ1) is 22.1. The van der Waals surface area contributed by atoms with Crippen LogP contribution in [0.15, 0.2) is 42.6 Å². The van der Waals surface area contributed by atoms with Gasteiger partial charge in [-0.05, 0) is 43.0 Å². The number of aromatic nitrogens is 3. The third-order valence-electron chi connectivity index (χ3n) is 4.79. The number of alkyl halides is 3. The average Bonchev–Trinajstić information content (AvgIpc) is 3.05. The minimum Gasteiger partial charge on any atom is -0.406 e. The Morgan fingerprint density at radius 3 is 2.80 bits per heavy atom. The number of hydrogen-bond acceptors (Lipinski definition) is 5. The second-order valence-corrected chi connectivity index (χ2v) is 8.74. The SMILES string of the molecule is C=C(/C=C\c1nnc(-c2cccc(OC(F)(F)F)c2)n1C)NCC1CCS(=O)CC1. The van der Waals surface area contributed by atoms with E-state index in [0.29, 0.717) is 28.8 Å². The standard InChI is InChI=1S/C20H23F3N4O2S/c1-14(24-13-15-8-10-30(28)11-9-15)6-7-18-25-26-19(27(18)2)16-4-3-5-17(12-16)29-20(21,22)23/h3-7,12,15,24H,1,8-11,13H2,2H3/b7-6-. The van der Waals surface area contributed by atoms with Crippen molar-refractivity contribution in [3.05, 3.63) is 48.4 Å². The first-order valence-electron chi connectivity index (χ1n) is 9.42. The summed E-state index contributed by atoms with van der Waals surface area (Å²) in [5.41, 5.74) is 1.17. The van der Waals surface area contributed by atoms with Gasteiger partial charge in [0.1, 0.15) is 5.75 Å². The smallest absolute Gasteiger partial charge is 0.406 e. The molecule has 2 heterocycles. The maximum Gasteiger partial charge on any atom is 0.573 e. The molecule has 1 aromatic carbocycles. The predicted molar refractivity (Wildman–Crippen MR) is 110 cm³/mol. The van der Waals surface area contributed by atoms with Crippen LogP contribution in [0.4, 0.5) is 13.2 Å². The van der Waals surface area contributed by atoms with Crippen molar-refractivity contribution in [1.82, 2.24) is 20.1 Å². The first-order chi connectivity index (χ1) is 14.2. The lowest BCUT2D eigenvalue weighted by atomic mass is 10.0. The molecule has 1 saturated heterocycles. The van der Waals surface area contributed by atoms with E-state index in [4.69, 9.17) is 0 Å². The zero-order valence-corrected chi connectivity index (χ0v) is 17.3. The Kier molecular flexibility index (Phi) is 6.96. The van der Waals surface area contributed by atoms with Crippen LogP contribution in [0.3, 0.4) is 0 Å². The highest BCUT2D eigenvalue weighted by Gasteiger charge is 2.31. The number of ether oxygens (including phenoxy) is 1. The number of hydrogen-bond donors (Lipinski definition) is 1. The van der Waals surface area contributed by atoms with E-state index < -0.39 is 17.2 Å². The third-order valence-corrected chi connectivity index (χ3v) is 6.18. The van der Waals surface area contributed by atoms with Crippen molar-refractivity contribution in [1.29, 1.82) is 0 Å². The predicted octanol–water partition coefficient (Wildman–Crippen LogP) is 3.66. The van der Waals surface area contributed by atoms with Gasteiger partial charge in [0.2, 0.25) is 0 Å². The summed E-state index contributed by atoms with van der Waals surface area (Å²) in [6.45, 7) is 4.75.